The van der Waals surface area contributed by atoms with Crippen LogP contribution in [0.5, 0.6) is 0 Å². The second-order valence-electron chi connectivity index (χ2n) is 9.22. The van der Waals surface area contributed by atoms with Crippen LogP contribution in [0.3, 0.4) is 0 Å². The molecule has 1 saturated carbocycles. The topological polar surface area (TPSA) is 120 Å². The van der Waals surface area contributed by atoms with E-state index in [1.807, 2.05) is 24.3 Å². The summed E-state index contributed by atoms with van der Waals surface area (Å²) in [6.45, 7) is 1.77. The van der Waals surface area contributed by atoms with Crippen LogP contribution in [0.1, 0.15) is 50.7 Å². The number of carbonyl (C=O) groups is 2. The lowest BCUT2D eigenvalue weighted by Crippen LogP contribution is -2.38. The van der Waals surface area contributed by atoms with E-state index < -0.39 is 11.8 Å². The molecule has 2 aromatic heterocycles. The molecular formula is C27H27N5O3S2. The average molecular weight is 534 g/mol. The third kappa shape index (κ3) is 5.63. The number of nitriles is 1. The Morgan fingerprint density at radius 2 is 2.00 bits per heavy atom. The van der Waals surface area contributed by atoms with Crippen molar-refractivity contribution in [1.82, 2.24) is 10.3 Å². The largest absolute Gasteiger partial charge is 0.469 e. The molecule has 2 atom stereocenters. The maximum absolute atomic E-state index is 13.5. The summed E-state index contributed by atoms with van der Waals surface area (Å²) in [5, 5.41) is 17.1. The molecule has 0 radical (unpaired) electrons. The second kappa shape index (κ2) is 11.3. The first-order valence-corrected chi connectivity index (χ1v) is 14.1. The number of hydrogen-bond donors (Lipinski definition) is 2. The highest BCUT2D eigenvalue weighted by atomic mass is 32.2. The third-order valence-electron chi connectivity index (χ3n) is 6.69. The molecular weight excluding hydrogens is 506 g/mol. The van der Waals surface area contributed by atoms with Gasteiger partial charge >= 0.3 is 0 Å². The van der Waals surface area contributed by atoms with Crippen LogP contribution >= 0.6 is 23.1 Å². The first-order valence-electron chi connectivity index (χ1n) is 12.3. The molecule has 2 aliphatic rings. The number of benzene rings is 1. The second-order valence-corrected chi connectivity index (χ2v) is 11.2. The highest BCUT2D eigenvalue weighted by Crippen LogP contribution is 2.42. The first-order chi connectivity index (χ1) is 18.0. The number of furan rings is 1. The van der Waals surface area contributed by atoms with E-state index in [9.17, 15) is 14.9 Å². The number of rotatable bonds is 7. The molecule has 3 heterocycles. The van der Waals surface area contributed by atoms with Crippen molar-refractivity contribution in [2.24, 2.45) is 10.9 Å². The number of fused-ring (bicyclic) bond motifs is 1. The molecule has 0 unspecified atom stereocenters. The van der Waals surface area contributed by atoms with Crippen molar-refractivity contribution in [2.45, 2.75) is 51.0 Å². The van der Waals surface area contributed by atoms with Crippen LogP contribution in [-0.2, 0) is 9.59 Å². The number of anilines is 1. The number of thiazole rings is 1. The van der Waals surface area contributed by atoms with Crippen LogP contribution in [0.15, 0.2) is 62.7 Å². The predicted octanol–water partition coefficient (Wildman–Crippen LogP) is 5.62. The quantitative estimate of drug-likeness (QED) is 0.407. The maximum Gasteiger partial charge on any atom is 0.236 e. The molecule has 10 heteroatoms. The highest BCUT2D eigenvalue weighted by molar-refractivity contribution is 8.03. The molecule has 37 heavy (non-hydrogen) atoms. The van der Waals surface area contributed by atoms with Gasteiger partial charge in [-0.1, -0.05) is 54.5 Å². The molecule has 2 N–H and O–H groups in total. The minimum atomic E-state index is -0.756. The summed E-state index contributed by atoms with van der Waals surface area (Å²) in [6, 6.07) is 13.6. The molecule has 2 amide bonds. The number of para-hydroxylation sites is 1. The van der Waals surface area contributed by atoms with Crippen LogP contribution < -0.4 is 10.6 Å². The van der Waals surface area contributed by atoms with E-state index >= 15 is 0 Å². The summed E-state index contributed by atoms with van der Waals surface area (Å²) in [7, 11) is 0. The lowest BCUT2D eigenvalue weighted by Gasteiger charge is -2.29. The van der Waals surface area contributed by atoms with Crippen molar-refractivity contribution in [2.75, 3.05) is 11.1 Å². The number of amides is 2. The maximum atomic E-state index is 13.5. The zero-order chi connectivity index (χ0) is 25.8. The van der Waals surface area contributed by atoms with E-state index in [0.29, 0.717) is 27.2 Å². The zero-order valence-electron chi connectivity index (χ0n) is 20.4. The average Bonchev–Trinajstić information content (AvgIpc) is 3.57. The van der Waals surface area contributed by atoms with Gasteiger partial charge in [-0.25, -0.2) is 9.98 Å². The van der Waals surface area contributed by atoms with Crippen molar-refractivity contribution in [1.29, 1.82) is 5.26 Å². The fourth-order valence-corrected chi connectivity index (χ4v) is 6.69. The van der Waals surface area contributed by atoms with Gasteiger partial charge in [0.2, 0.25) is 11.8 Å². The molecule has 3 aromatic rings. The minimum absolute atomic E-state index is 0.0696. The van der Waals surface area contributed by atoms with Crippen LogP contribution in [0.4, 0.5) is 5.13 Å². The van der Waals surface area contributed by atoms with Gasteiger partial charge in [0.25, 0.3) is 0 Å². The van der Waals surface area contributed by atoms with Crippen molar-refractivity contribution in [3.63, 3.8) is 0 Å². The van der Waals surface area contributed by atoms with E-state index in [0.717, 1.165) is 35.9 Å². The fraction of sp³-hybridized carbons (Fsp3) is 0.370. The Bertz CT molecular complexity index is 1360. The van der Waals surface area contributed by atoms with Gasteiger partial charge in [0.05, 0.1) is 45.7 Å². The molecule has 0 saturated heterocycles. The van der Waals surface area contributed by atoms with Gasteiger partial charge in [0, 0.05) is 11.8 Å². The summed E-state index contributed by atoms with van der Waals surface area (Å²) >= 11 is 2.62. The number of aliphatic imine (C=N–C) groups is 1. The molecule has 1 aliphatic carbocycles. The van der Waals surface area contributed by atoms with Gasteiger partial charge < -0.3 is 15.1 Å². The van der Waals surface area contributed by atoms with Crippen LogP contribution in [0.2, 0.25) is 0 Å². The van der Waals surface area contributed by atoms with Gasteiger partial charge in [0.1, 0.15) is 10.8 Å². The summed E-state index contributed by atoms with van der Waals surface area (Å²) in [4.78, 5) is 35.3. The minimum Gasteiger partial charge on any atom is -0.469 e. The molecule has 1 aromatic carbocycles. The lowest BCUT2D eigenvalue weighted by atomic mass is 9.79. The number of thioether (sulfide) groups is 1. The summed E-state index contributed by atoms with van der Waals surface area (Å²) in [5.41, 5.74) is 1.68. The summed E-state index contributed by atoms with van der Waals surface area (Å²) in [5.74, 6) is -1.14. The van der Waals surface area contributed by atoms with E-state index in [2.05, 4.69) is 26.7 Å². The van der Waals surface area contributed by atoms with Crippen molar-refractivity contribution >= 4 is 56.0 Å². The lowest BCUT2D eigenvalue weighted by molar-refractivity contribution is -0.119. The van der Waals surface area contributed by atoms with Crippen LogP contribution in [0, 0.1) is 17.2 Å². The fourth-order valence-electron chi connectivity index (χ4n) is 4.93. The molecule has 1 aliphatic heterocycles. The molecule has 190 valence electrons. The van der Waals surface area contributed by atoms with Gasteiger partial charge in [0.15, 0.2) is 5.13 Å². The molecule has 0 bridgehead atoms. The normalized spacial score (nSPS) is 20.4. The molecule has 1 fully saturated rings. The third-order valence-corrected chi connectivity index (χ3v) is 8.63. The van der Waals surface area contributed by atoms with Crippen LogP contribution in [0.25, 0.3) is 10.2 Å². The Morgan fingerprint density at radius 3 is 2.73 bits per heavy atom. The zero-order valence-corrected chi connectivity index (χ0v) is 22.0. The van der Waals surface area contributed by atoms with Crippen molar-refractivity contribution in [3.05, 3.63) is 59.0 Å². The summed E-state index contributed by atoms with van der Waals surface area (Å²) in [6.07, 6.45) is 7.03. The van der Waals surface area contributed by atoms with Gasteiger partial charge in [-0.2, -0.15) is 5.26 Å². The van der Waals surface area contributed by atoms with E-state index in [4.69, 9.17) is 4.42 Å². The van der Waals surface area contributed by atoms with Gasteiger partial charge in [-0.3, -0.25) is 9.59 Å². The Morgan fingerprint density at radius 1 is 1.19 bits per heavy atom. The number of carbonyl (C=O) groups excluding carboxylic acids is 2. The number of aromatic nitrogens is 1. The van der Waals surface area contributed by atoms with E-state index in [1.165, 1.54) is 35.8 Å². The monoisotopic (exact) mass is 533 g/mol. The van der Waals surface area contributed by atoms with Crippen molar-refractivity contribution in [3.8, 4) is 6.07 Å². The molecule has 5 rings (SSSR count). The smallest absolute Gasteiger partial charge is 0.236 e. The Balaban J connectivity index is 1.37. The predicted molar refractivity (Wildman–Crippen MR) is 146 cm³/mol. The number of nitrogens with zero attached hydrogens (tertiary/aromatic N) is 3. The molecule has 8 nitrogen and oxygen atoms in total. The van der Waals surface area contributed by atoms with Crippen LogP contribution in [-0.4, -0.2) is 34.3 Å². The SMILES string of the molecule is CC1=NC(SCC(=O)NC2CCCCC2)=C(C#N)[C@H](c2ccco2)[C@H]1C(=O)Nc1nc2ccccc2s1. The standard InChI is InChI=1S/C27H27N5O3S2/c1-16-23(25(34)32-27-31-19-10-5-6-12-21(19)37-27)24(20-11-7-13-35-20)18(14-28)26(29-16)36-15-22(33)30-17-8-3-2-4-9-17/h5-7,10-13,17,23-24H,2-4,8-9,15H2,1H3,(H,30,33)(H,31,32,34)/t23-,24+/m0/s1. The number of allylic oxidation sites excluding steroid dienone is 1. The Kier molecular flexibility index (Phi) is 7.72. The molecule has 0 spiro atoms. The van der Waals surface area contributed by atoms with Gasteiger partial charge in [-0.05, 0) is 44.0 Å². The number of hydrogen-bond acceptors (Lipinski definition) is 8. The Labute approximate surface area is 223 Å². The highest BCUT2D eigenvalue weighted by Gasteiger charge is 2.41. The number of nitrogens with one attached hydrogen (secondary N) is 2. The Hall–Kier alpha value is -3.42. The first kappa shape index (κ1) is 25.2. The van der Waals surface area contributed by atoms with Gasteiger partial charge in [-0.15, -0.1) is 0 Å². The van der Waals surface area contributed by atoms with E-state index in [-0.39, 0.29) is 23.6 Å². The van der Waals surface area contributed by atoms with E-state index in [1.54, 1.807) is 19.1 Å². The summed E-state index contributed by atoms with van der Waals surface area (Å²) < 4.78 is 6.65. The van der Waals surface area contributed by atoms with Crippen molar-refractivity contribution < 1.29 is 14.0 Å².